The fourth-order valence-corrected chi connectivity index (χ4v) is 5.03. The maximum atomic E-state index is 12.7. The highest BCUT2D eigenvalue weighted by molar-refractivity contribution is 7.92. The highest BCUT2D eigenvalue weighted by Crippen LogP contribution is 2.42. The van der Waals surface area contributed by atoms with Gasteiger partial charge in [0.1, 0.15) is 0 Å². The van der Waals surface area contributed by atoms with Crippen LogP contribution in [-0.2, 0) is 10.0 Å². The molecule has 0 aromatic heterocycles. The molecule has 2 atom stereocenters. The van der Waals surface area contributed by atoms with E-state index in [4.69, 9.17) is 0 Å². The molecular formula is C19H22N2O2S. The Morgan fingerprint density at radius 3 is 2.46 bits per heavy atom. The average molecular weight is 342 g/mol. The van der Waals surface area contributed by atoms with Gasteiger partial charge in [0.15, 0.2) is 0 Å². The van der Waals surface area contributed by atoms with Gasteiger partial charge in [-0.2, -0.15) is 0 Å². The van der Waals surface area contributed by atoms with Gasteiger partial charge < -0.3 is 4.90 Å². The van der Waals surface area contributed by atoms with Crippen LogP contribution in [0.2, 0.25) is 0 Å². The average Bonchev–Trinajstić information content (AvgIpc) is 3.18. The van der Waals surface area contributed by atoms with Crippen LogP contribution in [0.5, 0.6) is 0 Å². The number of nitrogens with one attached hydrogen (secondary N) is 1. The molecule has 2 aromatic carbocycles. The summed E-state index contributed by atoms with van der Waals surface area (Å²) in [5.41, 5.74) is 2.72. The van der Waals surface area contributed by atoms with Crippen LogP contribution in [-0.4, -0.2) is 21.0 Å². The first-order valence-electron chi connectivity index (χ1n) is 8.48. The van der Waals surface area contributed by atoms with Crippen LogP contribution in [0.15, 0.2) is 53.4 Å². The number of benzene rings is 2. The minimum absolute atomic E-state index is 0.297. The summed E-state index contributed by atoms with van der Waals surface area (Å²) in [6.07, 6.45) is 3.75. The molecule has 0 amide bonds. The zero-order chi connectivity index (χ0) is 16.7. The molecule has 1 aliphatic carbocycles. The first-order valence-corrected chi connectivity index (χ1v) is 9.96. The molecule has 2 bridgehead atoms. The summed E-state index contributed by atoms with van der Waals surface area (Å²) in [6.45, 7) is 2.98. The lowest BCUT2D eigenvalue weighted by molar-refractivity contribution is 0.554. The predicted octanol–water partition coefficient (Wildman–Crippen LogP) is 3.78. The highest BCUT2D eigenvalue weighted by atomic mass is 32.2. The molecule has 1 heterocycles. The number of sulfonamides is 1. The normalized spacial score (nSPS) is 22.8. The van der Waals surface area contributed by atoms with E-state index in [9.17, 15) is 8.42 Å². The molecule has 2 aromatic rings. The smallest absolute Gasteiger partial charge is 0.261 e. The first kappa shape index (κ1) is 15.5. The van der Waals surface area contributed by atoms with E-state index >= 15 is 0 Å². The lowest BCUT2D eigenvalue weighted by Crippen LogP contribution is -2.32. The van der Waals surface area contributed by atoms with Gasteiger partial charge in [-0.3, -0.25) is 4.72 Å². The topological polar surface area (TPSA) is 49.4 Å². The number of anilines is 2. The predicted molar refractivity (Wildman–Crippen MR) is 96.9 cm³/mol. The molecule has 24 heavy (non-hydrogen) atoms. The summed E-state index contributed by atoms with van der Waals surface area (Å²) in [4.78, 5) is 2.67. The van der Waals surface area contributed by atoms with Gasteiger partial charge in [0.2, 0.25) is 0 Å². The number of rotatable bonds is 4. The van der Waals surface area contributed by atoms with Crippen molar-refractivity contribution in [3.63, 3.8) is 0 Å². The van der Waals surface area contributed by atoms with Gasteiger partial charge in [0.05, 0.1) is 16.3 Å². The SMILES string of the molecule is Cc1ccc(S(=O)(=O)Nc2ccccc2N2CC3CCC2C3)cc1. The number of nitrogens with zero attached hydrogens (tertiary/aromatic N) is 1. The van der Waals surface area contributed by atoms with Crippen LogP contribution in [0, 0.1) is 12.8 Å². The second-order valence-electron chi connectivity index (χ2n) is 6.92. The molecule has 1 aliphatic heterocycles. The van der Waals surface area contributed by atoms with Crippen molar-refractivity contribution in [3.8, 4) is 0 Å². The van der Waals surface area contributed by atoms with E-state index in [1.54, 1.807) is 12.1 Å². The van der Waals surface area contributed by atoms with Crippen molar-refractivity contribution in [1.82, 2.24) is 0 Å². The molecule has 2 unspecified atom stereocenters. The summed E-state index contributed by atoms with van der Waals surface area (Å²) in [6, 6.07) is 15.2. The van der Waals surface area contributed by atoms with Gasteiger partial charge in [0, 0.05) is 12.6 Å². The lowest BCUT2D eigenvalue weighted by Gasteiger charge is -2.31. The van der Waals surface area contributed by atoms with Crippen LogP contribution < -0.4 is 9.62 Å². The van der Waals surface area contributed by atoms with Crippen LogP contribution in [0.1, 0.15) is 24.8 Å². The molecule has 4 nitrogen and oxygen atoms in total. The Morgan fingerprint density at radius 2 is 1.79 bits per heavy atom. The fraction of sp³-hybridized carbons (Fsp3) is 0.368. The Balaban J connectivity index is 1.64. The number of aryl methyl sites for hydroxylation is 1. The monoisotopic (exact) mass is 342 g/mol. The Labute approximate surface area is 143 Å². The van der Waals surface area contributed by atoms with Crippen molar-refractivity contribution in [3.05, 3.63) is 54.1 Å². The van der Waals surface area contributed by atoms with Crippen LogP contribution in [0.4, 0.5) is 11.4 Å². The zero-order valence-electron chi connectivity index (χ0n) is 13.8. The molecule has 2 fully saturated rings. The molecule has 4 rings (SSSR count). The van der Waals surface area contributed by atoms with Gasteiger partial charge >= 0.3 is 0 Å². The molecule has 0 radical (unpaired) electrons. The third kappa shape index (κ3) is 2.77. The van der Waals surface area contributed by atoms with Gasteiger partial charge in [0.25, 0.3) is 10.0 Å². The Bertz CT molecular complexity index is 846. The van der Waals surface area contributed by atoms with Crippen molar-refractivity contribution in [1.29, 1.82) is 0 Å². The van der Waals surface area contributed by atoms with E-state index in [-0.39, 0.29) is 0 Å². The highest BCUT2D eigenvalue weighted by Gasteiger charge is 2.38. The van der Waals surface area contributed by atoms with Crippen molar-refractivity contribution in [2.24, 2.45) is 5.92 Å². The van der Waals surface area contributed by atoms with Crippen LogP contribution in [0.25, 0.3) is 0 Å². The van der Waals surface area contributed by atoms with Gasteiger partial charge in [-0.1, -0.05) is 29.8 Å². The van der Waals surface area contributed by atoms with Crippen molar-refractivity contribution < 1.29 is 8.42 Å². The molecule has 0 spiro atoms. The molecular weight excluding hydrogens is 320 g/mol. The van der Waals surface area contributed by atoms with Crippen molar-refractivity contribution in [2.45, 2.75) is 37.1 Å². The molecule has 1 N–H and O–H groups in total. The number of para-hydroxylation sites is 2. The summed E-state index contributed by atoms with van der Waals surface area (Å²) in [5.74, 6) is 0.761. The molecule has 5 heteroatoms. The third-order valence-corrected chi connectivity index (χ3v) is 6.58. The lowest BCUT2D eigenvalue weighted by atomic mass is 10.1. The summed E-state index contributed by atoms with van der Waals surface area (Å²) < 4.78 is 28.2. The minimum Gasteiger partial charge on any atom is -0.367 e. The Hall–Kier alpha value is -2.01. The van der Waals surface area contributed by atoms with Crippen LogP contribution >= 0.6 is 0 Å². The second kappa shape index (κ2) is 5.81. The molecule has 2 aliphatic rings. The Morgan fingerprint density at radius 1 is 1.04 bits per heavy atom. The van der Waals surface area contributed by atoms with E-state index in [1.165, 1.54) is 19.3 Å². The largest absolute Gasteiger partial charge is 0.367 e. The van der Waals surface area contributed by atoms with Gasteiger partial charge in [-0.05, 0) is 56.4 Å². The third-order valence-electron chi connectivity index (χ3n) is 5.20. The zero-order valence-corrected chi connectivity index (χ0v) is 14.6. The number of hydrogen-bond donors (Lipinski definition) is 1. The van der Waals surface area contributed by atoms with Crippen molar-refractivity contribution in [2.75, 3.05) is 16.2 Å². The molecule has 1 saturated carbocycles. The fourth-order valence-electron chi connectivity index (χ4n) is 3.95. The summed E-state index contributed by atoms with van der Waals surface area (Å²) in [5, 5.41) is 0. The van der Waals surface area contributed by atoms with E-state index in [2.05, 4.69) is 9.62 Å². The minimum atomic E-state index is -3.57. The molecule has 1 saturated heterocycles. The quantitative estimate of drug-likeness (QED) is 0.920. The first-order chi connectivity index (χ1) is 11.5. The Kier molecular flexibility index (Phi) is 3.76. The van der Waals surface area contributed by atoms with Crippen LogP contribution in [0.3, 0.4) is 0 Å². The summed E-state index contributed by atoms with van der Waals surface area (Å²) >= 11 is 0. The molecule has 126 valence electrons. The van der Waals surface area contributed by atoms with E-state index in [1.807, 2.05) is 43.3 Å². The number of hydrogen-bond acceptors (Lipinski definition) is 3. The maximum Gasteiger partial charge on any atom is 0.261 e. The number of piperidine rings is 1. The standard InChI is InChI=1S/C19H22N2O2S/c1-14-6-10-17(11-7-14)24(22,23)20-18-4-2-3-5-19(18)21-13-15-8-9-16(21)12-15/h2-7,10-11,15-16,20H,8-9,12-13H2,1H3. The maximum absolute atomic E-state index is 12.7. The van der Waals surface area contributed by atoms with Crippen molar-refractivity contribution >= 4 is 21.4 Å². The van der Waals surface area contributed by atoms with E-state index < -0.39 is 10.0 Å². The summed E-state index contributed by atoms with van der Waals surface area (Å²) in [7, 11) is -3.57. The number of fused-ring (bicyclic) bond motifs is 2. The second-order valence-corrected chi connectivity index (χ2v) is 8.60. The van der Waals surface area contributed by atoms with E-state index in [0.29, 0.717) is 16.6 Å². The van der Waals surface area contributed by atoms with Gasteiger partial charge in [-0.25, -0.2) is 8.42 Å². The van der Waals surface area contributed by atoms with Gasteiger partial charge in [-0.15, -0.1) is 0 Å². The van der Waals surface area contributed by atoms with E-state index in [0.717, 1.165) is 23.7 Å².